The van der Waals surface area contributed by atoms with Crippen molar-refractivity contribution in [3.8, 4) is 5.69 Å². The van der Waals surface area contributed by atoms with Crippen molar-refractivity contribution in [3.63, 3.8) is 0 Å². The number of halogens is 1. The van der Waals surface area contributed by atoms with Gasteiger partial charge in [0.05, 0.1) is 24.2 Å². The van der Waals surface area contributed by atoms with Gasteiger partial charge in [0, 0.05) is 4.47 Å². The first-order valence-corrected chi connectivity index (χ1v) is 7.28. The summed E-state index contributed by atoms with van der Waals surface area (Å²) >= 11 is 3.39. The van der Waals surface area contributed by atoms with E-state index in [0.29, 0.717) is 5.69 Å². The van der Waals surface area contributed by atoms with Crippen LogP contribution in [0.25, 0.3) is 5.69 Å². The number of aliphatic hydroxyl groups is 1. The van der Waals surface area contributed by atoms with Gasteiger partial charge in [-0.3, -0.25) is 0 Å². The van der Waals surface area contributed by atoms with Gasteiger partial charge in [0.1, 0.15) is 6.23 Å². The molecular weight excluding hydrogens is 338 g/mol. The summed E-state index contributed by atoms with van der Waals surface area (Å²) in [7, 11) is 0. The molecule has 2 rings (SSSR count). The fourth-order valence-corrected chi connectivity index (χ4v) is 2.19. The number of hydrogen-bond acceptors (Lipinski definition) is 5. The first-order chi connectivity index (χ1) is 10.0. The van der Waals surface area contributed by atoms with Crippen molar-refractivity contribution in [1.82, 2.24) is 9.78 Å². The molecule has 0 aliphatic rings. The van der Waals surface area contributed by atoms with Crippen LogP contribution in [0.4, 0.5) is 5.69 Å². The Kier molecular flexibility index (Phi) is 4.98. The van der Waals surface area contributed by atoms with E-state index >= 15 is 0 Å². The van der Waals surface area contributed by atoms with Gasteiger partial charge in [-0.05, 0) is 32.0 Å². The molecule has 0 aliphatic heterocycles. The average Bonchev–Trinajstić information content (AvgIpc) is 2.82. The Morgan fingerprint density at radius 3 is 2.95 bits per heavy atom. The number of benzene rings is 1. The normalized spacial score (nSPS) is 12.0. The molecule has 2 aromatic rings. The number of ether oxygens (including phenoxy) is 1. The van der Waals surface area contributed by atoms with Crippen molar-refractivity contribution in [2.75, 3.05) is 11.9 Å². The molecule has 0 bridgehead atoms. The Hall–Kier alpha value is -1.86. The molecule has 0 saturated carbocycles. The second kappa shape index (κ2) is 6.73. The summed E-state index contributed by atoms with van der Waals surface area (Å²) in [6.45, 7) is 3.55. The third-order valence-electron chi connectivity index (χ3n) is 2.62. The number of rotatable bonds is 5. The molecular formula is C14H16BrN3O3. The van der Waals surface area contributed by atoms with Crippen LogP contribution in [-0.4, -0.2) is 33.7 Å². The molecule has 1 heterocycles. The van der Waals surface area contributed by atoms with Crippen molar-refractivity contribution in [3.05, 3.63) is 40.6 Å². The molecule has 7 heteroatoms. The molecule has 0 aliphatic carbocycles. The summed E-state index contributed by atoms with van der Waals surface area (Å²) in [5.41, 5.74) is 1.34. The fourth-order valence-electron chi connectivity index (χ4n) is 1.81. The number of hydrogen-bond donors (Lipinski definition) is 2. The number of carbonyl (C=O) groups excluding carboxylic acids is 1. The predicted molar refractivity (Wildman–Crippen MR) is 82.5 cm³/mol. The Morgan fingerprint density at radius 1 is 1.57 bits per heavy atom. The highest BCUT2D eigenvalue weighted by Crippen LogP contribution is 2.21. The number of anilines is 1. The van der Waals surface area contributed by atoms with E-state index in [1.165, 1.54) is 0 Å². The average molecular weight is 354 g/mol. The van der Waals surface area contributed by atoms with Gasteiger partial charge < -0.3 is 15.2 Å². The molecule has 1 atom stereocenters. The zero-order valence-corrected chi connectivity index (χ0v) is 13.3. The van der Waals surface area contributed by atoms with Crippen molar-refractivity contribution in [2.24, 2.45) is 0 Å². The molecule has 0 saturated heterocycles. The third-order valence-corrected chi connectivity index (χ3v) is 3.11. The second-order valence-corrected chi connectivity index (χ2v) is 5.27. The first kappa shape index (κ1) is 15.5. The maximum Gasteiger partial charge on any atom is 0.361 e. The van der Waals surface area contributed by atoms with Gasteiger partial charge in [-0.15, -0.1) is 0 Å². The minimum absolute atomic E-state index is 0.137. The molecule has 2 N–H and O–H groups in total. The minimum Gasteiger partial charge on any atom is -0.461 e. The summed E-state index contributed by atoms with van der Waals surface area (Å²) in [5.74, 6) is -0.533. The lowest BCUT2D eigenvalue weighted by atomic mass is 10.3. The Balaban J connectivity index is 2.42. The van der Waals surface area contributed by atoms with Crippen LogP contribution in [-0.2, 0) is 4.74 Å². The Labute approximate surface area is 130 Å². The van der Waals surface area contributed by atoms with Gasteiger partial charge in [-0.25, -0.2) is 9.48 Å². The van der Waals surface area contributed by atoms with Crippen molar-refractivity contribution < 1.29 is 14.6 Å². The summed E-state index contributed by atoms with van der Waals surface area (Å²) in [5, 5.41) is 16.5. The standard InChI is InChI=1S/C14H16BrN3O3/c1-3-21-14(20)13-12(16-9(2)19)8-18(17-13)11-6-4-5-10(15)7-11/h4-9,16,19H,3H2,1-2H3. The molecule has 21 heavy (non-hydrogen) atoms. The lowest BCUT2D eigenvalue weighted by molar-refractivity contribution is 0.0520. The van der Waals surface area contributed by atoms with E-state index in [4.69, 9.17) is 4.74 Å². The largest absolute Gasteiger partial charge is 0.461 e. The van der Waals surface area contributed by atoms with Crippen molar-refractivity contribution in [2.45, 2.75) is 20.1 Å². The fraction of sp³-hybridized carbons (Fsp3) is 0.286. The third kappa shape index (κ3) is 3.83. The first-order valence-electron chi connectivity index (χ1n) is 6.48. The number of carbonyl (C=O) groups is 1. The topological polar surface area (TPSA) is 76.4 Å². The molecule has 1 aromatic carbocycles. The maximum atomic E-state index is 11.9. The maximum absolute atomic E-state index is 11.9. The van der Waals surface area contributed by atoms with Gasteiger partial charge in [0.25, 0.3) is 0 Å². The smallest absolute Gasteiger partial charge is 0.361 e. The summed E-state index contributed by atoms with van der Waals surface area (Å²) in [4.78, 5) is 11.9. The number of nitrogens with one attached hydrogen (secondary N) is 1. The lowest BCUT2D eigenvalue weighted by Crippen LogP contribution is -2.16. The molecule has 0 spiro atoms. The van der Waals surface area contributed by atoms with Crippen molar-refractivity contribution in [1.29, 1.82) is 0 Å². The summed E-state index contributed by atoms with van der Waals surface area (Å²) in [6, 6.07) is 7.49. The van der Waals surface area contributed by atoms with E-state index in [0.717, 1.165) is 10.2 Å². The van der Waals surface area contributed by atoms with E-state index in [9.17, 15) is 9.90 Å². The van der Waals surface area contributed by atoms with E-state index in [-0.39, 0.29) is 12.3 Å². The highest BCUT2D eigenvalue weighted by atomic mass is 79.9. The van der Waals surface area contributed by atoms with Gasteiger partial charge in [-0.2, -0.15) is 5.10 Å². The molecule has 0 radical (unpaired) electrons. The molecule has 0 amide bonds. The highest BCUT2D eigenvalue weighted by molar-refractivity contribution is 9.10. The SMILES string of the molecule is CCOC(=O)c1nn(-c2cccc(Br)c2)cc1NC(C)O. The zero-order valence-electron chi connectivity index (χ0n) is 11.7. The quantitative estimate of drug-likeness (QED) is 0.638. The van der Waals surface area contributed by atoms with Crippen LogP contribution in [0.1, 0.15) is 24.3 Å². The summed E-state index contributed by atoms with van der Waals surface area (Å²) < 4.78 is 7.44. The van der Waals surface area contributed by atoms with Crippen LogP contribution in [0.15, 0.2) is 34.9 Å². The van der Waals surface area contributed by atoms with Crippen LogP contribution in [0.3, 0.4) is 0 Å². The molecule has 6 nitrogen and oxygen atoms in total. The van der Waals surface area contributed by atoms with E-state index < -0.39 is 12.2 Å². The van der Waals surface area contributed by atoms with E-state index in [1.54, 1.807) is 24.7 Å². The Morgan fingerprint density at radius 2 is 2.33 bits per heavy atom. The van der Waals surface area contributed by atoms with Crippen LogP contribution in [0.5, 0.6) is 0 Å². The number of aromatic nitrogens is 2. The molecule has 0 fully saturated rings. The molecule has 112 valence electrons. The molecule has 1 unspecified atom stereocenters. The van der Waals surface area contributed by atoms with Crippen LogP contribution in [0.2, 0.25) is 0 Å². The molecule has 1 aromatic heterocycles. The Bertz CT molecular complexity index is 640. The van der Waals surface area contributed by atoms with Crippen LogP contribution < -0.4 is 5.32 Å². The number of esters is 1. The van der Waals surface area contributed by atoms with Crippen LogP contribution >= 0.6 is 15.9 Å². The van der Waals surface area contributed by atoms with E-state index in [1.807, 2.05) is 24.3 Å². The number of aliphatic hydroxyl groups excluding tert-OH is 1. The van der Waals surface area contributed by atoms with Gasteiger partial charge in [0.2, 0.25) is 0 Å². The predicted octanol–water partition coefficient (Wildman–Crippen LogP) is 2.56. The van der Waals surface area contributed by atoms with Gasteiger partial charge >= 0.3 is 5.97 Å². The zero-order chi connectivity index (χ0) is 15.4. The monoisotopic (exact) mass is 353 g/mol. The minimum atomic E-state index is -0.807. The van der Waals surface area contributed by atoms with E-state index in [2.05, 4.69) is 26.3 Å². The lowest BCUT2D eigenvalue weighted by Gasteiger charge is -2.07. The van der Waals surface area contributed by atoms with Crippen LogP contribution in [0, 0.1) is 0 Å². The van der Waals surface area contributed by atoms with Gasteiger partial charge in [0.15, 0.2) is 5.69 Å². The van der Waals surface area contributed by atoms with Gasteiger partial charge in [-0.1, -0.05) is 22.0 Å². The van der Waals surface area contributed by atoms with Crippen molar-refractivity contribution >= 4 is 27.6 Å². The highest BCUT2D eigenvalue weighted by Gasteiger charge is 2.19. The second-order valence-electron chi connectivity index (χ2n) is 4.36. The summed E-state index contributed by atoms with van der Waals surface area (Å²) in [6.07, 6.45) is 0.833. The number of nitrogens with zero attached hydrogens (tertiary/aromatic N) is 2.